The molecule has 1 saturated heterocycles. The Bertz CT molecular complexity index is 898. The highest BCUT2D eigenvalue weighted by molar-refractivity contribution is 6.05. The van der Waals surface area contributed by atoms with E-state index in [0.29, 0.717) is 5.56 Å². The summed E-state index contributed by atoms with van der Waals surface area (Å²) < 4.78 is 5.02. The number of esters is 1. The summed E-state index contributed by atoms with van der Waals surface area (Å²) in [6, 6.07) is 17.6. The molecule has 2 atom stereocenters. The Kier molecular flexibility index (Phi) is 6.39. The molecule has 0 radical (unpaired) electrons. The second-order valence-electron chi connectivity index (χ2n) is 6.88. The number of rotatable bonds is 6. The molecule has 1 fully saturated rings. The van der Waals surface area contributed by atoms with Crippen LogP contribution in [0.5, 0.6) is 0 Å². The summed E-state index contributed by atoms with van der Waals surface area (Å²) in [5.41, 5.74) is 1.31. The third-order valence-corrected chi connectivity index (χ3v) is 4.88. The highest BCUT2D eigenvalue weighted by Crippen LogP contribution is 2.28. The zero-order chi connectivity index (χ0) is 20.8. The van der Waals surface area contributed by atoms with Crippen LogP contribution < -0.4 is 5.32 Å². The molecule has 0 bridgehead atoms. The minimum atomic E-state index is -0.717. The molecule has 3 amide bonds. The Hall–Kier alpha value is -3.48. The number of carbonyl (C=O) groups excluding carboxylic acids is 4. The molecule has 2 aromatic carbocycles. The Labute approximate surface area is 168 Å². The predicted molar refractivity (Wildman–Crippen MR) is 105 cm³/mol. The Morgan fingerprint density at radius 3 is 2.34 bits per heavy atom. The van der Waals surface area contributed by atoms with E-state index < -0.39 is 30.3 Å². The van der Waals surface area contributed by atoms with Crippen LogP contribution in [-0.2, 0) is 19.1 Å². The van der Waals surface area contributed by atoms with E-state index >= 15 is 0 Å². The second-order valence-corrected chi connectivity index (χ2v) is 6.88. The fourth-order valence-corrected chi connectivity index (χ4v) is 3.25. The zero-order valence-corrected chi connectivity index (χ0v) is 16.0. The molecule has 1 aliphatic rings. The number of nitrogens with zero attached hydrogens (tertiary/aromatic N) is 1. The van der Waals surface area contributed by atoms with Gasteiger partial charge in [0.05, 0.1) is 12.0 Å². The minimum absolute atomic E-state index is 0.0422. The van der Waals surface area contributed by atoms with Gasteiger partial charge in [0.2, 0.25) is 5.91 Å². The average Bonchev–Trinajstić information content (AvgIpc) is 3.14. The average molecular weight is 394 g/mol. The van der Waals surface area contributed by atoms with Crippen LogP contribution in [-0.4, -0.2) is 41.7 Å². The van der Waals surface area contributed by atoms with E-state index in [1.807, 2.05) is 37.3 Å². The van der Waals surface area contributed by atoms with Crippen LogP contribution in [0.2, 0.25) is 0 Å². The van der Waals surface area contributed by atoms with Gasteiger partial charge in [0.25, 0.3) is 11.8 Å². The van der Waals surface area contributed by atoms with Gasteiger partial charge in [-0.3, -0.25) is 24.5 Å². The van der Waals surface area contributed by atoms with Gasteiger partial charge >= 0.3 is 5.97 Å². The largest absolute Gasteiger partial charge is 0.455 e. The summed E-state index contributed by atoms with van der Waals surface area (Å²) in [4.78, 5) is 50.1. The van der Waals surface area contributed by atoms with E-state index in [0.717, 1.165) is 5.56 Å². The number of carbonyl (C=O) groups is 4. The molecule has 0 unspecified atom stereocenters. The van der Waals surface area contributed by atoms with Gasteiger partial charge < -0.3 is 9.64 Å². The van der Waals surface area contributed by atoms with Gasteiger partial charge in [-0.1, -0.05) is 48.5 Å². The van der Waals surface area contributed by atoms with Crippen LogP contribution in [0.25, 0.3) is 0 Å². The molecule has 0 spiro atoms. The third kappa shape index (κ3) is 5.07. The molecule has 0 aromatic heterocycles. The molecule has 0 aliphatic carbocycles. The maximum absolute atomic E-state index is 12.3. The first-order valence-electron chi connectivity index (χ1n) is 9.36. The van der Waals surface area contributed by atoms with Gasteiger partial charge in [0.15, 0.2) is 6.61 Å². The van der Waals surface area contributed by atoms with Crippen molar-refractivity contribution in [2.24, 2.45) is 5.92 Å². The highest BCUT2D eigenvalue weighted by Gasteiger charge is 2.38. The van der Waals surface area contributed by atoms with Crippen molar-refractivity contribution in [2.45, 2.75) is 19.4 Å². The topological polar surface area (TPSA) is 92.8 Å². The number of amides is 3. The van der Waals surface area contributed by atoms with Crippen molar-refractivity contribution in [3.8, 4) is 0 Å². The summed E-state index contributed by atoms with van der Waals surface area (Å²) in [7, 11) is 0. The van der Waals surface area contributed by atoms with Crippen molar-refractivity contribution in [3.63, 3.8) is 0 Å². The van der Waals surface area contributed by atoms with Crippen LogP contribution in [0.1, 0.15) is 35.3 Å². The van der Waals surface area contributed by atoms with E-state index in [2.05, 4.69) is 5.32 Å². The Balaban J connectivity index is 1.49. The fraction of sp³-hybridized carbons (Fsp3) is 0.273. The van der Waals surface area contributed by atoms with Crippen molar-refractivity contribution in [1.82, 2.24) is 10.2 Å². The summed E-state index contributed by atoms with van der Waals surface area (Å²) in [5, 5.41) is 2.17. The molecule has 1 N–H and O–H groups in total. The van der Waals surface area contributed by atoms with E-state index in [-0.39, 0.29) is 24.9 Å². The monoisotopic (exact) mass is 394 g/mol. The highest BCUT2D eigenvalue weighted by atomic mass is 16.5. The smallest absolute Gasteiger partial charge is 0.311 e. The summed E-state index contributed by atoms with van der Waals surface area (Å²) >= 11 is 0. The van der Waals surface area contributed by atoms with Gasteiger partial charge in [0.1, 0.15) is 0 Å². The zero-order valence-electron chi connectivity index (χ0n) is 16.0. The van der Waals surface area contributed by atoms with Crippen molar-refractivity contribution in [3.05, 3.63) is 71.8 Å². The maximum atomic E-state index is 12.3. The van der Waals surface area contributed by atoms with Crippen molar-refractivity contribution < 1.29 is 23.9 Å². The normalized spacial score (nSPS) is 16.9. The SMILES string of the molecule is C[C@H](c1ccccc1)N1C[C@@H](C(=O)OCC(=O)NC(=O)c2ccccc2)CC1=O. The Morgan fingerprint density at radius 1 is 1.07 bits per heavy atom. The molecule has 7 heteroatoms. The maximum Gasteiger partial charge on any atom is 0.311 e. The molecule has 3 rings (SSSR count). The summed E-state index contributed by atoms with van der Waals surface area (Å²) in [6.07, 6.45) is 0.0422. The summed E-state index contributed by atoms with van der Waals surface area (Å²) in [5.74, 6) is -2.67. The first-order valence-corrected chi connectivity index (χ1v) is 9.36. The van der Waals surface area contributed by atoms with Crippen LogP contribution in [0.4, 0.5) is 0 Å². The van der Waals surface area contributed by atoms with E-state index in [4.69, 9.17) is 4.74 Å². The number of nitrogens with one attached hydrogen (secondary N) is 1. The number of likely N-dealkylation sites (tertiary alicyclic amines) is 1. The number of hydrogen-bond acceptors (Lipinski definition) is 5. The van der Waals surface area contributed by atoms with Gasteiger partial charge in [-0.15, -0.1) is 0 Å². The molecular weight excluding hydrogens is 372 g/mol. The van der Waals surface area contributed by atoms with E-state index in [9.17, 15) is 19.2 Å². The fourth-order valence-electron chi connectivity index (χ4n) is 3.25. The lowest BCUT2D eigenvalue weighted by molar-refractivity contribution is -0.152. The molecule has 1 heterocycles. The first kappa shape index (κ1) is 20.3. The lowest BCUT2D eigenvalue weighted by Crippen LogP contribution is -2.35. The van der Waals surface area contributed by atoms with Gasteiger partial charge in [-0.2, -0.15) is 0 Å². The lowest BCUT2D eigenvalue weighted by atomic mass is 10.1. The molecule has 2 aromatic rings. The van der Waals surface area contributed by atoms with Crippen LogP contribution >= 0.6 is 0 Å². The third-order valence-electron chi connectivity index (χ3n) is 4.88. The summed E-state index contributed by atoms with van der Waals surface area (Å²) in [6.45, 7) is 1.57. The second kappa shape index (κ2) is 9.14. The van der Waals surface area contributed by atoms with E-state index in [1.165, 1.54) is 0 Å². The van der Waals surface area contributed by atoms with Gasteiger partial charge in [-0.05, 0) is 24.6 Å². The molecule has 29 heavy (non-hydrogen) atoms. The van der Waals surface area contributed by atoms with Gasteiger partial charge in [-0.25, -0.2) is 0 Å². The quantitative estimate of drug-likeness (QED) is 0.758. The molecule has 0 saturated carbocycles. The molecule has 7 nitrogen and oxygen atoms in total. The predicted octanol–water partition coefficient (Wildman–Crippen LogP) is 2.10. The van der Waals surface area contributed by atoms with Crippen molar-refractivity contribution in [1.29, 1.82) is 0 Å². The van der Waals surface area contributed by atoms with Crippen LogP contribution in [0.15, 0.2) is 60.7 Å². The first-order chi connectivity index (χ1) is 14.0. The number of benzene rings is 2. The number of imide groups is 1. The van der Waals surface area contributed by atoms with Crippen LogP contribution in [0, 0.1) is 5.92 Å². The van der Waals surface area contributed by atoms with E-state index in [1.54, 1.807) is 35.2 Å². The molecule has 150 valence electrons. The van der Waals surface area contributed by atoms with Crippen molar-refractivity contribution in [2.75, 3.05) is 13.2 Å². The lowest BCUT2D eigenvalue weighted by Gasteiger charge is -2.25. The minimum Gasteiger partial charge on any atom is -0.455 e. The molecule has 1 aliphatic heterocycles. The number of ether oxygens (including phenoxy) is 1. The number of hydrogen-bond donors (Lipinski definition) is 1. The van der Waals surface area contributed by atoms with Gasteiger partial charge in [0, 0.05) is 18.5 Å². The molecular formula is C22H22N2O5. The Morgan fingerprint density at radius 2 is 1.69 bits per heavy atom. The standard InChI is InChI=1S/C22H22N2O5/c1-15(16-8-4-2-5-9-16)24-13-18(12-20(24)26)22(28)29-14-19(25)23-21(27)17-10-6-3-7-11-17/h2-11,15,18H,12-14H2,1H3,(H,23,25,27)/t15-,18+/m1/s1. The van der Waals surface area contributed by atoms with Crippen LogP contribution in [0.3, 0.4) is 0 Å². The van der Waals surface area contributed by atoms with Crippen molar-refractivity contribution >= 4 is 23.7 Å².